The van der Waals surface area contributed by atoms with E-state index in [1.165, 1.54) is 25.7 Å². The molecule has 1 atom stereocenters. The molecule has 4 heteroatoms. The molecule has 0 aliphatic carbocycles. The van der Waals surface area contributed by atoms with Crippen LogP contribution in [0.25, 0.3) is 0 Å². The summed E-state index contributed by atoms with van der Waals surface area (Å²) in [5.74, 6) is 0.809. The third kappa shape index (κ3) is 4.42. The van der Waals surface area contributed by atoms with Crippen LogP contribution in [-0.2, 0) is 9.84 Å². The van der Waals surface area contributed by atoms with Crippen molar-refractivity contribution < 1.29 is 13.7 Å². The number of quaternary nitrogens is 1. The molecule has 1 heterocycles. The number of nitrogens with two attached hydrogens (primary N) is 1. The SMILES string of the molecule is CCCCCC[NH2+][C@H]1CCS(=O)(=O)C1. The fraction of sp³-hybridized carbons (Fsp3) is 1.00. The lowest BCUT2D eigenvalue weighted by atomic mass is 10.2. The summed E-state index contributed by atoms with van der Waals surface area (Å²) >= 11 is 0. The molecule has 0 bridgehead atoms. The van der Waals surface area contributed by atoms with Crippen molar-refractivity contribution >= 4 is 9.84 Å². The first-order valence-electron chi connectivity index (χ1n) is 5.68. The van der Waals surface area contributed by atoms with Crippen molar-refractivity contribution in [2.24, 2.45) is 0 Å². The molecule has 0 aromatic carbocycles. The smallest absolute Gasteiger partial charge is 0.156 e. The van der Waals surface area contributed by atoms with Crippen LogP contribution in [0.4, 0.5) is 0 Å². The van der Waals surface area contributed by atoms with Gasteiger partial charge in [-0.3, -0.25) is 0 Å². The van der Waals surface area contributed by atoms with Gasteiger partial charge in [-0.1, -0.05) is 19.8 Å². The molecular formula is C10H22NO2S+. The van der Waals surface area contributed by atoms with Gasteiger partial charge in [0, 0.05) is 6.42 Å². The monoisotopic (exact) mass is 220 g/mol. The van der Waals surface area contributed by atoms with Crippen LogP contribution in [0.2, 0.25) is 0 Å². The van der Waals surface area contributed by atoms with Crippen LogP contribution in [0.3, 0.4) is 0 Å². The quantitative estimate of drug-likeness (QED) is 0.655. The molecule has 0 unspecified atom stereocenters. The van der Waals surface area contributed by atoms with Gasteiger partial charge in [-0.2, -0.15) is 0 Å². The number of hydrogen-bond donors (Lipinski definition) is 1. The Kier molecular flexibility index (Phi) is 4.89. The van der Waals surface area contributed by atoms with Crippen LogP contribution < -0.4 is 5.32 Å². The average Bonchev–Trinajstić information content (AvgIpc) is 2.45. The Hall–Kier alpha value is -0.0900. The van der Waals surface area contributed by atoms with Crippen LogP contribution in [0, 0.1) is 0 Å². The van der Waals surface area contributed by atoms with Crippen molar-refractivity contribution in [1.29, 1.82) is 0 Å². The van der Waals surface area contributed by atoms with E-state index in [0.29, 0.717) is 17.5 Å². The highest BCUT2D eigenvalue weighted by Gasteiger charge is 2.29. The normalized spacial score (nSPS) is 25.4. The second-order valence-corrected chi connectivity index (χ2v) is 6.48. The van der Waals surface area contributed by atoms with Gasteiger partial charge in [-0.05, 0) is 12.8 Å². The first-order valence-corrected chi connectivity index (χ1v) is 7.50. The molecule has 0 amide bonds. The minimum Gasteiger partial charge on any atom is -0.343 e. The first kappa shape index (κ1) is 12.0. The Morgan fingerprint density at radius 1 is 1.29 bits per heavy atom. The van der Waals surface area contributed by atoms with Crippen LogP contribution in [-0.4, -0.2) is 32.5 Å². The highest BCUT2D eigenvalue weighted by Crippen LogP contribution is 2.07. The average molecular weight is 220 g/mol. The van der Waals surface area contributed by atoms with Crippen molar-refractivity contribution in [3.05, 3.63) is 0 Å². The van der Waals surface area contributed by atoms with Gasteiger partial charge in [0.1, 0.15) is 11.8 Å². The van der Waals surface area contributed by atoms with E-state index in [4.69, 9.17) is 0 Å². The van der Waals surface area contributed by atoms with E-state index in [2.05, 4.69) is 12.2 Å². The summed E-state index contributed by atoms with van der Waals surface area (Å²) < 4.78 is 22.3. The van der Waals surface area contributed by atoms with Crippen LogP contribution in [0.5, 0.6) is 0 Å². The second kappa shape index (κ2) is 5.71. The number of sulfone groups is 1. The zero-order valence-electron chi connectivity index (χ0n) is 9.04. The van der Waals surface area contributed by atoms with Crippen LogP contribution in [0.15, 0.2) is 0 Å². The molecular weight excluding hydrogens is 198 g/mol. The highest BCUT2D eigenvalue weighted by atomic mass is 32.2. The zero-order chi connectivity index (χ0) is 10.4. The maximum atomic E-state index is 11.2. The summed E-state index contributed by atoms with van der Waals surface area (Å²) in [6.45, 7) is 3.30. The van der Waals surface area contributed by atoms with Gasteiger partial charge >= 0.3 is 0 Å². The maximum Gasteiger partial charge on any atom is 0.156 e. The largest absolute Gasteiger partial charge is 0.343 e. The van der Waals surface area contributed by atoms with E-state index in [-0.39, 0.29) is 0 Å². The Bertz CT molecular complexity index is 249. The van der Waals surface area contributed by atoms with E-state index >= 15 is 0 Å². The van der Waals surface area contributed by atoms with Crippen molar-refractivity contribution in [3.63, 3.8) is 0 Å². The van der Waals surface area contributed by atoms with Gasteiger partial charge < -0.3 is 5.32 Å². The lowest BCUT2D eigenvalue weighted by molar-refractivity contribution is -0.684. The molecule has 0 aromatic heterocycles. The fourth-order valence-corrected chi connectivity index (χ4v) is 3.72. The molecule has 2 N–H and O–H groups in total. The molecule has 14 heavy (non-hydrogen) atoms. The topological polar surface area (TPSA) is 50.8 Å². The third-order valence-electron chi connectivity index (χ3n) is 2.83. The van der Waals surface area contributed by atoms with E-state index in [1.807, 2.05) is 0 Å². The van der Waals surface area contributed by atoms with Gasteiger partial charge in [-0.25, -0.2) is 8.42 Å². The Morgan fingerprint density at radius 2 is 2.07 bits per heavy atom. The van der Waals surface area contributed by atoms with Crippen molar-refractivity contribution in [3.8, 4) is 0 Å². The summed E-state index contributed by atoms with van der Waals surface area (Å²) in [5.41, 5.74) is 0. The van der Waals surface area contributed by atoms with Crippen LogP contribution >= 0.6 is 0 Å². The lowest BCUT2D eigenvalue weighted by Crippen LogP contribution is -2.90. The Morgan fingerprint density at radius 3 is 2.64 bits per heavy atom. The minimum atomic E-state index is -2.67. The van der Waals surface area contributed by atoms with Gasteiger partial charge in [0.2, 0.25) is 0 Å². The number of rotatable bonds is 6. The summed E-state index contributed by atoms with van der Waals surface area (Å²) in [5, 5.41) is 2.22. The zero-order valence-corrected chi connectivity index (χ0v) is 9.85. The molecule has 0 radical (unpaired) electrons. The fourth-order valence-electron chi connectivity index (χ4n) is 1.93. The number of unbranched alkanes of at least 4 members (excludes halogenated alkanes) is 3. The highest BCUT2D eigenvalue weighted by molar-refractivity contribution is 7.91. The van der Waals surface area contributed by atoms with E-state index in [1.54, 1.807) is 0 Å². The summed E-state index contributed by atoms with van der Waals surface area (Å²) in [4.78, 5) is 0. The predicted octanol–water partition coefficient (Wildman–Crippen LogP) is 0.317. The van der Waals surface area contributed by atoms with Crippen molar-refractivity contribution in [1.82, 2.24) is 0 Å². The lowest BCUT2D eigenvalue weighted by Gasteiger charge is -2.06. The van der Waals surface area contributed by atoms with E-state index in [0.717, 1.165) is 13.0 Å². The molecule has 1 aliphatic heterocycles. The van der Waals surface area contributed by atoms with Crippen molar-refractivity contribution in [2.45, 2.75) is 45.1 Å². The van der Waals surface area contributed by atoms with Gasteiger partial charge in [0.05, 0.1) is 12.3 Å². The summed E-state index contributed by atoms with van der Waals surface area (Å²) in [7, 11) is -2.67. The van der Waals surface area contributed by atoms with Gasteiger partial charge in [0.25, 0.3) is 0 Å². The molecule has 1 fully saturated rings. The molecule has 1 aliphatic rings. The molecule has 3 nitrogen and oxygen atoms in total. The first-order chi connectivity index (χ1) is 6.64. The molecule has 1 rings (SSSR count). The molecule has 0 aromatic rings. The minimum absolute atomic E-state index is 0.349. The maximum absolute atomic E-state index is 11.2. The standard InChI is InChI=1S/C10H21NO2S/c1-2-3-4-5-7-11-10-6-8-14(12,13)9-10/h10-11H,2-9H2,1H3/p+1/t10-/m0/s1. The summed E-state index contributed by atoms with van der Waals surface area (Å²) in [6.07, 6.45) is 5.93. The predicted molar refractivity (Wildman–Crippen MR) is 58.0 cm³/mol. The Labute approximate surface area is 87.2 Å². The molecule has 0 saturated carbocycles. The Balaban J connectivity index is 2.03. The van der Waals surface area contributed by atoms with Crippen LogP contribution in [0.1, 0.15) is 39.0 Å². The molecule has 0 spiro atoms. The second-order valence-electron chi connectivity index (χ2n) is 4.25. The van der Waals surface area contributed by atoms with E-state index < -0.39 is 9.84 Å². The van der Waals surface area contributed by atoms with E-state index in [9.17, 15) is 8.42 Å². The molecule has 1 saturated heterocycles. The van der Waals surface area contributed by atoms with Crippen molar-refractivity contribution in [2.75, 3.05) is 18.1 Å². The third-order valence-corrected chi connectivity index (χ3v) is 4.62. The van der Waals surface area contributed by atoms with Gasteiger partial charge in [0.15, 0.2) is 9.84 Å². The summed E-state index contributed by atoms with van der Waals surface area (Å²) in [6, 6.07) is 0.349. The van der Waals surface area contributed by atoms with Gasteiger partial charge in [-0.15, -0.1) is 0 Å². The molecule has 84 valence electrons. The number of hydrogen-bond acceptors (Lipinski definition) is 2.